The molecule has 39 heavy (non-hydrogen) atoms. The fraction of sp³-hybridized carbons (Fsp3) is 0.944. The van der Waals surface area contributed by atoms with E-state index >= 15 is 0 Å². The Morgan fingerprint density at radius 2 is 1.74 bits per heavy atom. The van der Waals surface area contributed by atoms with Crippen molar-refractivity contribution < 1.29 is 0 Å². The summed E-state index contributed by atoms with van der Waals surface area (Å²) in [6.07, 6.45) is 23.0. The number of hydrogen-bond donors (Lipinski definition) is 0. The zero-order chi connectivity index (χ0) is 28.2. The molecule has 4 rings (SSSR count). The maximum atomic E-state index is 2.80. The molecule has 3 saturated carbocycles. The van der Waals surface area contributed by atoms with Gasteiger partial charge in [0.25, 0.3) is 0 Å². The summed E-state index contributed by atoms with van der Waals surface area (Å²) >= 11 is 0. The van der Waals surface area contributed by atoms with Gasteiger partial charge in [0, 0.05) is 11.0 Å². The number of allylic oxidation sites excluding steroid dienone is 2. The Bertz CT molecular complexity index is 791. The first kappa shape index (κ1) is 32.3. The number of fused-ring (bicyclic) bond motifs is 5. The lowest BCUT2D eigenvalue weighted by molar-refractivity contribution is -0.0497. The SMILES string of the molecule is CC[C@H](CCC[C@@H](C)[C@H]1CCC2[C@@H]3CC=C4CC(SSCCCCN(C)C)CC[C@]4(C)[C@H]3CCC21C)C(C)C. The monoisotopic (exact) mass is 575 g/mol. The highest BCUT2D eigenvalue weighted by molar-refractivity contribution is 8.76. The lowest BCUT2D eigenvalue weighted by Gasteiger charge is -2.58. The second-order valence-electron chi connectivity index (χ2n) is 15.6. The van der Waals surface area contributed by atoms with Crippen molar-refractivity contribution in [3.05, 3.63) is 11.6 Å². The lowest BCUT2D eigenvalue weighted by atomic mass is 9.47. The first-order chi connectivity index (χ1) is 18.6. The van der Waals surface area contributed by atoms with E-state index in [1.165, 1.54) is 102 Å². The number of hydrogen-bond acceptors (Lipinski definition) is 3. The minimum Gasteiger partial charge on any atom is -0.309 e. The predicted octanol–water partition coefficient (Wildman–Crippen LogP) is 11.1. The molecule has 0 radical (unpaired) electrons. The third-order valence-corrected chi connectivity index (χ3v) is 15.8. The Labute approximate surface area is 252 Å². The van der Waals surface area contributed by atoms with Crippen LogP contribution >= 0.6 is 21.6 Å². The summed E-state index contributed by atoms with van der Waals surface area (Å²) in [6, 6.07) is 0. The van der Waals surface area contributed by atoms with Crippen LogP contribution in [0.5, 0.6) is 0 Å². The van der Waals surface area contributed by atoms with Crippen molar-refractivity contribution in [2.24, 2.45) is 52.3 Å². The topological polar surface area (TPSA) is 3.24 Å². The van der Waals surface area contributed by atoms with Gasteiger partial charge in [0.2, 0.25) is 0 Å². The molecule has 4 aliphatic rings. The molecular formula is C36H65NS2. The third kappa shape index (κ3) is 7.31. The van der Waals surface area contributed by atoms with Crippen LogP contribution in [0.2, 0.25) is 0 Å². The molecule has 1 nitrogen and oxygen atoms in total. The Morgan fingerprint density at radius 1 is 0.949 bits per heavy atom. The zero-order valence-corrected chi connectivity index (χ0v) is 28.9. The van der Waals surface area contributed by atoms with Crippen molar-refractivity contribution in [1.82, 2.24) is 4.90 Å². The molecule has 0 bridgehead atoms. The molecule has 0 aromatic rings. The summed E-state index contributed by atoms with van der Waals surface area (Å²) in [5.41, 5.74) is 3.00. The molecule has 4 aliphatic carbocycles. The van der Waals surface area contributed by atoms with Crippen molar-refractivity contribution in [3.63, 3.8) is 0 Å². The van der Waals surface area contributed by atoms with Crippen LogP contribution in [0.4, 0.5) is 0 Å². The molecule has 0 aliphatic heterocycles. The Kier molecular flexibility index (Phi) is 11.8. The largest absolute Gasteiger partial charge is 0.309 e. The first-order valence-corrected chi connectivity index (χ1v) is 19.6. The maximum Gasteiger partial charge on any atom is 0.0189 e. The second kappa shape index (κ2) is 14.2. The second-order valence-corrected chi connectivity index (χ2v) is 18.4. The quantitative estimate of drug-likeness (QED) is 0.115. The van der Waals surface area contributed by atoms with E-state index in [-0.39, 0.29) is 0 Å². The average molecular weight is 576 g/mol. The van der Waals surface area contributed by atoms with E-state index < -0.39 is 0 Å². The number of rotatable bonds is 14. The van der Waals surface area contributed by atoms with Gasteiger partial charge >= 0.3 is 0 Å². The highest BCUT2D eigenvalue weighted by Crippen LogP contribution is 2.67. The molecule has 3 heteroatoms. The van der Waals surface area contributed by atoms with E-state index in [0.717, 1.165) is 46.7 Å². The van der Waals surface area contributed by atoms with Gasteiger partial charge in [0.1, 0.15) is 0 Å². The van der Waals surface area contributed by atoms with E-state index in [1.807, 2.05) is 5.57 Å². The van der Waals surface area contributed by atoms with Crippen LogP contribution in [0.15, 0.2) is 11.6 Å². The van der Waals surface area contributed by atoms with Crippen molar-refractivity contribution in [2.75, 3.05) is 26.4 Å². The molecule has 0 saturated heterocycles. The minimum atomic E-state index is 0.507. The first-order valence-electron chi connectivity index (χ1n) is 17.2. The van der Waals surface area contributed by atoms with Gasteiger partial charge in [-0.2, -0.15) is 0 Å². The Morgan fingerprint density at radius 3 is 2.46 bits per heavy atom. The summed E-state index contributed by atoms with van der Waals surface area (Å²) in [6.45, 7) is 16.6. The van der Waals surface area contributed by atoms with Gasteiger partial charge in [0.15, 0.2) is 0 Å². The summed E-state index contributed by atoms with van der Waals surface area (Å²) in [5.74, 6) is 7.92. The van der Waals surface area contributed by atoms with Crippen LogP contribution in [0.25, 0.3) is 0 Å². The van der Waals surface area contributed by atoms with Gasteiger partial charge in [-0.25, -0.2) is 0 Å². The number of unbranched alkanes of at least 4 members (excludes halogenated alkanes) is 1. The fourth-order valence-electron chi connectivity index (χ4n) is 10.3. The molecule has 0 aromatic carbocycles. The van der Waals surface area contributed by atoms with E-state index in [2.05, 4.69) is 88.2 Å². The highest BCUT2D eigenvalue weighted by atomic mass is 33.1. The molecule has 0 N–H and O–H groups in total. The lowest BCUT2D eigenvalue weighted by Crippen LogP contribution is -2.50. The predicted molar refractivity (Wildman–Crippen MR) is 178 cm³/mol. The molecule has 0 heterocycles. The highest BCUT2D eigenvalue weighted by Gasteiger charge is 2.59. The van der Waals surface area contributed by atoms with Crippen molar-refractivity contribution >= 4 is 21.6 Å². The summed E-state index contributed by atoms with van der Waals surface area (Å²) < 4.78 is 0. The van der Waals surface area contributed by atoms with Gasteiger partial charge in [-0.3, -0.25) is 0 Å². The van der Waals surface area contributed by atoms with Crippen LogP contribution in [0.3, 0.4) is 0 Å². The third-order valence-electron chi connectivity index (χ3n) is 12.8. The normalized spacial score (nSPS) is 37.8. The van der Waals surface area contributed by atoms with Crippen LogP contribution in [0.1, 0.15) is 131 Å². The minimum absolute atomic E-state index is 0.507. The smallest absolute Gasteiger partial charge is 0.0189 e. The van der Waals surface area contributed by atoms with Gasteiger partial charge in [-0.1, -0.05) is 100 Å². The van der Waals surface area contributed by atoms with Gasteiger partial charge in [-0.05, 0) is 137 Å². The number of nitrogens with zero attached hydrogens (tertiary/aromatic N) is 1. The van der Waals surface area contributed by atoms with E-state index in [9.17, 15) is 0 Å². The maximum absolute atomic E-state index is 2.80. The van der Waals surface area contributed by atoms with Gasteiger partial charge < -0.3 is 4.90 Å². The molecule has 3 unspecified atom stereocenters. The van der Waals surface area contributed by atoms with E-state index in [0.29, 0.717) is 10.8 Å². The van der Waals surface area contributed by atoms with Crippen LogP contribution in [0, 0.1) is 52.3 Å². The van der Waals surface area contributed by atoms with Crippen molar-refractivity contribution in [2.45, 2.75) is 137 Å². The molecule has 226 valence electrons. The molecule has 3 fully saturated rings. The van der Waals surface area contributed by atoms with Gasteiger partial charge in [-0.15, -0.1) is 0 Å². The molecule has 9 atom stereocenters. The molecular weight excluding hydrogens is 511 g/mol. The van der Waals surface area contributed by atoms with Crippen LogP contribution in [-0.2, 0) is 0 Å². The average Bonchev–Trinajstić information content (AvgIpc) is 3.25. The van der Waals surface area contributed by atoms with Crippen LogP contribution in [-0.4, -0.2) is 36.5 Å². The van der Waals surface area contributed by atoms with Gasteiger partial charge in [0.05, 0.1) is 0 Å². The van der Waals surface area contributed by atoms with E-state index in [1.54, 1.807) is 0 Å². The van der Waals surface area contributed by atoms with Crippen LogP contribution < -0.4 is 0 Å². The molecule has 0 amide bonds. The summed E-state index contributed by atoms with van der Waals surface area (Å²) in [5, 5.41) is 0.855. The zero-order valence-electron chi connectivity index (χ0n) is 27.3. The summed E-state index contributed by atoms with van der Waals surface area (Å²) in [7, 11) is 8.79. The Balaban J connectivity index is 1.31. The fourth-order valence-corrected chi connectivity index (χ4v) is 13.1. The molecule has 0 spiro atoms. The Hall–Kier alpha value is 0.400. The van der Waals surface area contributed by atoms with Crippen molar-refractivity contribution in [1.29, 1.82) is 0 Å². The molecule has 0 aromatic heterocycles. The van der Waals surface area contributed by atoms with E-state index in [4.69, 9.17) is 0 Å². The van der Waals surface area contributed by atoms with Crippen molar-refractivity contribution in [3.8, 4) is 0 Å². The summed E-state index contributed by atoms with van der Waals surface area (Å²) in [4.78, 5) is 2.32. The standard InChI is InChI=1S/C36H65NS2/c1-9-28(26(2)3)14-12-13-27(4)32-17-18-33-31-16-15-29-25-30(39-38-24-11-10-23-37(7)8)19-21-35(29,5)34(31)20-22-36(32,33)6/h15,26-28,30-34H,9-14,16-25H2,1-8H3/t27-,28-,30?,31+,32-,33?,34+,35+,36?/m1/s1.